The van der Waals surface area contributed by atoms with Crippen LogP contribution in [0.3, 0.4) is 0 Å². The van der Waals surface area contributed by atoms with Gasteiger partial charge in [-0.1, -0.05) is 121 Å². The van der Waals surface area contributed by atoms with Gasteiger partial charge >= 0.3 is 0 Å². The van der Waals surface area contributed by atoms with Crippen molar-refractivity contribution in [2.45, 2.75) is 0 Å². The smallest absolute Gasteiger partial charge is 0.0412 e. The minimum absolute atomic E-state index is 0.739. The Bertz CT molecular complexity index is 1610. The Morgan fingerprint density at radius 1 is 0.364 bits per heavy atom. The molecule has 0 atom stereocenters. The lowest BCUT2D eigenvalue weighted by atomic mass is 9.86. The molecule has 0 radical (unpaired) electrons. The van der Waals surface area contributed by atoms with E-state index in [4.69, 9.17) is 11.6 Å². The zero-order valence-corrected chi connectivity index (χ0v) is 18.8. The zero-order chi connectivity index (χ0) is 22.2. The van der Waals surface area contributed by atoms with Crippen molar-refractivity contribution in [2.75, 3.05) is 0 Å². The number of fused-ring (bicyclic) bond motifs is 3. The maximum absolute atomic E-state index is 6.58. The van der Waals surface area contributed by atoms with E-state index in [2.05, 4.69) is 121 Å². The predicted molar refractivity (Wildman–Crippen MR) is 143 cm³/mol. The van der Waals surface area contributed by atoms with Gasteiger partial charge in [0.15, 0.2) is 0 Å². The Morgan fingerprint density at radius 2 is 0.970 bits per heavy atom. The summed E-state index contributed by atoms with van der Waals surface area (Å²) in [4.78, 5) is 0. The highest BCUT2D eigenvalue weighted by atomic mass is 35.5. The molecule has 0 saturated heterocycles. The molecule has 0 saturated carbocycles. The van der Waals surface area contributed by atoms with Crippen molar-refractivity contribution in [1.82, 2.24) is 0 Å². The van der Waals surface area contributed by atoms with Gasteiger partial charge in [0.1, 0.15) is 0 Å². The highest BCUT2D eigenvalue weighted by molar-refractivity contribution is 6.31. The summed E-state index contributed by atoms with van der Waals surface area (Å²) in [6.07, 6.45) is 0. The second kappa shape index (κ2) is 8.24. The summed E-state index contributed by atoms with van der Waals surface area (Å²) in [6, 6.07) is 45.0. The molecule has 6 aromatic rings. The van der Waals surface area contributed by atoms with Crippen LogP contribution in [-0.2, 0) is 0 Å². The lowest BCUT2D eigenvalue weighted by molar-refractivity contribution is 1.57. The first-order valence-electron chi connectivity index (χ1n) is 11.1. The standard InChI is InChI=1S/C32H21Cl/c33-24-18-19-30(27-15-7-6-13-25(27)22-10-2-1-3-11-22)32(21-24)31-20-23-12-4-5-14-26(23)28-16-8-9-17-29(28)31/h1-21H. The van der Waals surface area contributed by atoms with Crippen LogP contribution in [0.5, 0.6) is 0 Å². The van der Waals surface area contributed by atoms with Crippen molar-refractivity contribution in [2.24, 2.45) is 0 Å². The van der Waals surface area contributed by atoms with E-state index in [0.29, 0.717) is 0 Å². The summed E-state index contributed by atoms with van der Waals surface area (Å²) in [6.45, 7) is 0. The monoisotopic (exact) mass is 440 g/mol. The van der Waals surface area contributed by atoms with Gasteiger partial charge in [-0.25, -0.2) is 0 Å². The minimum Gasteiger partial charge on any atom is -0.0843 e. The second-order valence-electron chi connectivity index (χ2n) is 8.29. The van der Waals surface area contributed by atoms with Crippen LogP contribution in [0.1, 0.15) is 0 Å². The average Bonchev–Trinajstić information content (AvgIpc) is 2.89. The van der Waals surface area contributed by atoms with E-state index in [1.807, 2.05) is 6.07 Å². The van der Waals surface area contributed by atoms with Gasteiger partial charge in [0.05, 0.1) is 0 Å². The molecule has 0 amide bonds. The highest BCUT2D eigenvalue weighted by Crippen LogP contribution is 2.43. The molecule has 0 spiro atoms. The molecular weight excluding hydrogens is 420 g/mol. The number of hydrogen-bond acceptors (Lipinski definition) is 0. The van der Waals surface area contributed by atoms with E-state index in [9.17, 15) is 0 Å². The zero-order valence-electron chi connectivity index (χ0n) is 18.0. The molecule has 0 fully saturated rings. The van der Waals surface area contributed by atoms with Crippen LogP contribution in [0.4, 0.5) is 0 Å². The maximum atomic E-state index is 6.58. The summed E-state index contributed by atoms with van der Waals surface area (Å²) in [7, 11) is 0. The van der Waals surface area contributed by atoms with Crippen molar-refractivity contribution in [3.63, 3.8) is 0 Å². The summed E-state index contributed by atoms with van der Waals surface area (Å²) in [5.41, 5.74) is 7.15. The number of rotatable bonds is 3. The summed E-state index contributed by atoms with van der Waals surface area (Å²) in [5, 5.41) is 5.73. The molecule has 0 aromatic heterocycles. The van der Waals surface area contributed by atoms with E-state index in [-0.39, 0.29) is 0 Å². The van der Waals surface area contributed by atoms with Gasteiger partial charge in [0, 0.05) is 5.02 Å². The Labute approximate surface area is 198 Å². The molecule has 0 N–H and O–H groups in total. The van der Waals surface area contributed by atoms with Gasteiger partial charge in [-0.05, 0) is 73.1 Å². The van der Waals surface area contributed by atoms with E-state index < -0.39 is 0 Å². The van der Waals surface area contributed by atoms with Crippen molar-refractivity contribution in [3.8, 4) is 33.4 Å². The average molecular weight is 441 g/mol. The van der Waals surface area contributed by atoms with Crippen molar-refractivity contribution in [3.05, 3.63) is 132 Å². The van der Waals surface area contributed by atoms with Gasteiger partial charge in [0.2, 0.25) is 0 Å². The number of halogens is 1. The Balaban J connectivity index is 1.69. The van der Waals surface area contributed by atoms with Crippen LogP contribution in [0.2, 0.25) is 5.02 Å². The van der Waals surface area contributed by atoms with Crippen LogP contribution in [0.25, 0.3) is 54.9 Å². The van der Waals surface area contributed by atoms with E-state index in [1.165, 1.54) is 49.4 Å². The van der Waals surface area contributed by atoms with Crippen molar-refractivity contribution >= 4 is 33.1 Å². The molecule has 0 aliphatic rings. The minimum atomic E-state index is 0.739. The Kier molecular flexibility index (Phi) is 4.94. The van der Waals surface area contributed by atoms with E-state index in [0.717, 1.165) is 10.6 Å². The molecule has 0 nitrogen and oxygen atoms in total. The van der Waals surface area contributed by atoms with Gasteiger partial charge in [-0.15, -0.1) is 0 Å². The van der Waals surface area contributed by atoms with E-state index >= 15 is 0 Å². The SMILES string of the molecule is Clc1ccc(-c2ccccc2-c2ccccc2)c(-c2cc3ccccc3c3ccccc23)c1. The molecule has 6 rings (SSSR count). The molecule has 156 valence electrons. The highest BCUT2D eigenvalue weighted by Gasteiger charge is 2.16. The number of hydrogen-bond donors (Lipinski definition) is 0. The number of benzene rings is 6. The van der Waals surface area contributed by atoms with Crippen LogP contribution in [-0.4, -0.2) is 0 Å². The second-order valence-corrected chi connectivity index (χ2v) is 8.73. The van der Waals surface area contributed by atoms with Crippen LogP contribution >= 0.6 is 11.6 Å². The van der Waals surface area contributed by atoms with Crippen molar-refractivity contribution < 1.29 is 0 Å². The third-order valence-electron chi connectivity index (χ3n) is 6.34. The fourth-order valence-corrected chi connectivity index (χ4v) is 5.01. The van der Waals surface area contributed by atoms with Crippen LogP contribution in [0.15, 0.2) is 127 Å². The topological polar surface area (TPSA) is 0 Å². The quantitative estimate of drug-likeness (QED) is 0.240. The van der Waals surface area contributed by atoms with E-state index in [1.54, 1.807) is 0 Å². The molecule has 1 heteroatoms. The fourth-order valence-electron chi connectivity index (χ4n) is 4.84. The third kappa shape index (κ3) is 3.50. The molecule has 0 bridgehead atoms. The lowest BCUT2D eigenvalue weighted by Crippen LogP contribution is -1.91. The van der Waals surface area contributed by atoms with Gasteiger partial charge in [-0.3, -0.25) is 0 Å². The fraction of sp³-hybridized carbons (Fsp3) is 0. The predicted octanol–water partition coefficient (Wildman–Crippen LogP) is 9.65. The maximum Gasteiger partial charge on any atom is 0.0412 e. The molecule has 6 aromatic carbocycles. The summed E-state index contributed by atoms with van der Waals surface area (Å²) in [5.74, 6) is 0. The summed E-state index contributed by atoms with van der Waals surface area (Å²) < 4.78 is 0. The molecular formula is C32H21Cl. The Morgan fingerprint density at radius 3 is 1.79 bits per heavy atom. The van der Waals surface area contributed by atoms with Gasteiger partial charge < -0.3 is 0 Å². The summed E-state index contributed by atoms with van der Waals surface area (Å²) >= 11 is 6.58. The molecule has 0 aliphatic heterocycles. The first-order chi connectivity index (χ1) is 16.3. The molecule has 0 aliphatic carbocycles. The molecule has 0 heterocycles. The van der Waals surface area contributed by atoms with Crippen LogP contribution in [0, 0.1) is 0 Å². The molecule has 33 heavy (non-hydrogen) atoms. The van der Waals surface area contributed by atoms with Crippen molar-refractivity contribution in [1.29, 1.82) is 0 Å². The third-order valence-corrected chi connectivity index (χ3v) is 6.58. The normalized spacial score (nSPS) is 11.2. The van der Waals surface area contributed by atoms with Gasteiger partial charge in [-0.2, -0.15) is 0 Å². The molecule has 0 unspecified atom stereocenters. The van der Waals surface area contributed by atoms with Gasteiger partial charge in [0.25, 0.3) is 0 Å². The largest absolute Gasteiger partial charge is 0.0843 e. The first kappa shape index (κ1) is 19.8. The lowest BCUT2D eigenvalue weighted by Gasteiger charge is -2.17. The Hall–Kier alpha value is -3.87. The van der Waals surface area contributed by atoms with Crippen LogP contribution < -0.4 is 0 Å². The first-order valence-corrected chi connectivity index (χ1v) is 11.5.